The van der Waals surface area contributed by atoms with Crippen LogP contribution in [-0.2, 0) is 10.8 Å². The van der Waals surface area contributed by atoms with Crippen molar-refractivity contribution in [3.63, 3.8) is 0 Å². The molecule has 1 aliphatic heterocycles. The molecule has 3 atom stereocenters. The maximum atomic E-state index is 11.8. The largest absolute Gasteiger partial charge is 0.312 e. The van der Waals surface area contributed by atoms with Gasteiger partial charge in [-0.25, -0.2) is 0 Å². The lowest BCUT2D eigenvalue weighted by Crippen LogP contribution is -2.40. The molecule has 1 saturated carbocycles. The van der Waals surface area contributed by atoms with Gasteiger partial charge in [0.05, 0.1) is 0 Å². The average molecular weight is 229 g/mol. The van der Waals surface area contributed by atoms with Crippen molar-refractivity contribution in [1.29, 1.82) is 0 Å². The first-order chi connectivity index (χ1) is 7.25. The fourth-order valence-corrected chi connectivity index (χ4v) is 4.57. The third-order valence-electron chi connectivity index (χ3n) is 3.78. The zero-order valence-corrected chi connectivity index (χ0v) is 10.5. The van der Waals surface area contributed by atoms with E-state index in [1.807, 2.05) is 0 Å². The summed E-state index contributed by atoms with van der Waals surface area (Å²) in [7, 11) is -0.582. The quantitative estimate of drug-likeness (QED) is 0.744. The van der Waals surface area contributed by atoms with E-state index >= 15 is 0 Å². The van der Waals surface area contributed by atoms with Gasteiger partial charge in [-0.15, -0.1) is 0 Å². The molecule has 1 N–H and O–H groups in total. The molecule has 2 rings (SSSR count). The number of hydrogen-bond acceptors (Lipinski definition) is 2. The Hall–Kier alpha value is 0.110. The first kappa shape index (κ1) is 11.6. The molecule has 15 heavy (non-hydrogen) atoms. The summed E-state index contributed by atoms with van der Waals surface area (Å²) < 4.78 is 11.8. The second-order valence-corrected chi connectivity index (χ2v) is 6.84. The van der Waals surface area contributed by atoms with Gasteiger partial charge in [0.15, 0.2) is 0 Å². The van der Waals surface area contributed by atoms with Crippen molar-refractivity contribution in [2.24, 2.45) is 11.8 Å². The van der Waals surface area contributed by atoms with Crippen molar-refractivity contribution in [1.82, 2.24) is 5.32 Å². The Labute approximate surface area is 95.7 Å². The van der Waals surface area contributed by atoms with E-state index in [1.165, 1.54) is 32.1 Å². The van der Waals surface area contributed by atoms with Gasteiger partial charge in [0, 0.05) is 28.3 Å². The second kappa shape index (κ2) is 5.44. The van der Waals surface area contributed by atoms with Crippen LogP contribution in [0.25, 0.3) is 0 Å². The fourth-order valence-electron chi connectivity index (χ4n) is 2.90. The van der Waals surface area contributed by atoms with Crippen LogP contribution in [-0.4, -0.2) is 28.3 Å². The Morgan fingerprint density at radius 1 is 1.13 bits per heavy atom. The fraction of sp³-hybridized carbons (Fsp3) is 1.00. The Morgan fingerprint density at radius 3 is 2.60 bits per heavy atom. The van der Waals surface area contributed by atoms with E-state index in [0.29, 0.717) is 12.0 Å². The van der Waals surface area contributed by atoms with Gasteiger partial charge < -0.3 is 5.32 Å². The number of nitrogens with one attached hydrogen (secondary N) is 1. The summed E-state index contributed by atoms with van der Waals surface area (Å²) >= 11 is 0. The van der Waals surface area contributed by atoms with Crippen molar-refractivity contribution >= 4 is 10.8 Å². The minimum atomic E-state index is -0.582. The molecule has 2 nitrogen and oxygen atoms in total. The number of hydrogen-bond donors (Lipinski definition) is 1. The highest BCUT2D eigenvalue weighted by atomic mass is 32.2. The van der Waals surface area contributed by atoms with Gasteiger partial charge >= 0.3 is 0 Å². The van der Waals surface area contributed by atoms with Gasteiger partial charge in [-0.05, 0) is 31.2 Å². The van der Waals surface area contributed by atoms with Crippen LogP contribution in [0.2, 0.25) is 0 Å². The van der Waals surface area contributed by atoms with Crippen molar-refractivity contribution in [3.8, 4) is 0 Å². The Balaban J connectivity index is 1.92. The predicted molar refractivity (Wildman–Crippen MR) is 65.4 cm³/mol. The Kier molecular flexibility index (Phi) is 4.21. The summed E-state index contributed by atoms with van der Waals surface area (Å²) in [5.74, 6) is 3.18. The predicted octanol–water partition coefficient (Wildman–Crippen LogP) is 1.92. The van der Waals surface area contributed by atoms with E-state index in [9.17, 15) is 4.21 Å². The van der Waals surface area contributed by atoms with Gasteiger partial charge in [-0.2, -0.15) is 0 Å². The van der Waals surface area contributed by atoms with Crippen molar-refractivity contribution in [3.05, 3.63) is 0 Å². The molecule has 0 amide bonds. The second-order valence-electron chi connectivity index (χ2n) is 5.29. The lowest BCUT2D eigenvalue weighted by atomic mass is 9.84. The molecule has 0 aromatic rings. The Bertz CT molecular complexity index is 226. The van der Waals surface area contributed by atoms with Crippen LogP contribution in [0.1, 0.15) is 39.0 Å². The smallest absolute Gasteiger partial charge is 0.0391 e. The number of rotatable bonds is 1. The molecule has 2 fully saturated rings. The molecule has 0 bridgehead atoms. The molecular formula is C12H23NOS. The summed E-state index contributed by atoms with van der Waals surface area (Å²) in [6, 6.07) is 0.538. The molecule has 0 aromatic heterocycles. The molecule has 3 unspecified atom stereocenters. The standard InChI is InChI=1S/C12H23NOS/c1-10-7-13-12(9-15(14)8-10)11-5-3-2-4-6-11/h10-13H,2-9H2,1H3. The van der Waals surface area contributed by atoms with E-state index in [-0.39, 0.29) is 0 Å². The summed E-state index contributed by atoms with van der Waals surface area (Å²) in [4.78, 5) is 0. The average Bonchev–Trinajstić information content (AvgIpc) is 2.41. The third-order valence-corrected chi connectivity index (χ3v) is 5.45. The van der Waals surface area contributed by atoms with Crippen molar-refractivity contribution < 1.29 is 4.21 Å². The van der Waals surface area contributed by atoms with E-state index in [1.54, 1.807) is 0 Å². The molecule has 0 aromatic carbocycles. The molecule has 3 heteroatoms. The van der Waals surface area contributed by atoms with Gasteiger partial charge in [-0.1, -0.05) is 26.2 Å². The molecule has 1 saturated heterocycles. The van der Waals surface area contributed by atoms with Gasteiger partial charge in [-0.3, -0.25) is 4.21 Å². The summed E-state index contributed by atoms with van der Waals surface area (Å²) in [5, 5.41) is 3.64. The van der Waals surface area contributed by atoms with Crippen LogP contribution in [0.5, 0.6) is 0 Å². The highest BCUT2D eigenvalue weighted by Crippen LogP contribution is 2.27. The first-order valence-electron chi connectivity index (χ1n) is 6.34. The van der Waals surface area contributed by atoms with Crippen LogP contribution in [0.15, 0.2) is 0 Å². The van der Waals surface area contributed by atoms with Crippen LogP contribution in [0, 0.1) is 11.8 Å². The van der Waals surface area contributed by atoms with E-state index < -0.39 is 10.8 Å². The van der Waals surface area contributed by atoms with Crippen molar-refractivity contribution in [2.75, 3.05) is 18.1 Å². The molecular weight excluding hydrogens is 206 g/mol. The molecule has 88 valence electrons. The lowest BCUT2D eigenvalue weighted by molar-refractivity contribution is 0.281. The topological polar surface area (TPSA) is 29.1 Å². The maximum absolute atomic E-state index is 11.8. The van der Waals surface area contributed by atoms with Crippen molar-refractivity contribution in [2.45, 2.75) is 45.1 Å². The van der Waals surface area contributed by atoms with Gasteiger partial charge in [0.25, 0.3) is 0 Å². The monoisotopic (exact) mass is 229 g/mol. The molecule has 0 spiro atoms. The summed E-state index contributed by atoms with van der Waals surface area (Å²) in [6.07, 6.45) is 6.87. The van der Waals surface area contributed by atoms with Crippen LogP contribution in [0.4, 0.5) is 0 Å². The van der Waals surface area contributed by atoms with Crippen LogP contribution in [0.3, 0.4) is 0 Å². The lowest BCUT2D eigenvalue weighted by Gasteiger charge is -2.29. The Morgan fingerprint density at radius 2 is 1.87 bits per heavy atom. The molecule has 1 aliphatic carbocycles. The van der Waals surface area contributed by atoms with Crippen LogP contribution >= 0.6 is 0 Å². The molecule has 0 radical (unpaired) electrons. The molecule has 2 aliphatic rings. The highest BCUT2D eigenvalue weighted by Gasteiger charge is 2.27. The summed E-state index contributed by atoms with van der Waals surface area (Å²) in [6.45, 7) is 3.26. The van der Waals surface area contributed by atoms with Gasteiger partial charge in [0.2, 0.25) is 0 Å². The maximum Gasteiger partial charge on any atom is 0.0391 e. The zero-order chi connectivity index (χ0) is 10.7. The van der Waals surface area contributed by atoms with Crippen LogP contribution < -0.4 is 5.32 Å². The third kappa shape index (κ3) is 3.28. The van der Waals surface area contributed by atoms with E-state index in [4.69, 9.17) is 0 Å². The first-order valence-corrected chi connectivity index (χ1v) is 7.83. The summed E-state index contributed by atoms with van der Waals surface area (Å²) in [5.41, 5.74) is 0. The minimum absolute atomic E-state index is 0.538. The molecule has 1 heterocycles. The SMILES string of the molecule is CC1CNC(C2CCCCC2)CS(=O)C1. The van der Waals surface area contributed by atoms with E-state index in [2.05, 4.69) is 12.2 Å². The van der Waals surface area contributed by atoms with Gasteiger partial charge in [0.1, 0.15) is 0 Å². The normalized spacial score (nSPS) is 39.9. The highest BCUT2D eigenvalue weighted by molar-refractivity contribution is 7.85. The minimum Gasteiger partial charge on any atom is -0.312 e. The van der Waals surface area contributed by atoms with E-state index in [0.717, 1.165) is 24.0 Å². The zero-order valence-electron chi connectivity index (χ0n) is 9.71.